The fraction of sp³-hybridized carbons (Fsp3) is 0.375. The molecule has 0 atom stereocenters. The van der Waals surface area contributed by atoms with Gasteiger partial charge in [0.15, 0.2) is 0 Å². The number of ether oxygens (including phenoxy) is 1. The minimum Gasteiger partial charge on any atom is -0.497 e. The highest BCUT2D eigenvalue weighted by Gasteiger charge is 2.07. The number of hydrogen-bond donors (Lipinski definition) is 1. The molecule has 0 unspecified atom stereocenters. The van der Waals surface area contributed by atoms with Crippen molar-refractivity contribution in [2.24, 2.45) is 7.05 Å². The van der Waals surface area contributed by atoms with Crippen LogP contribution in [0.3, 0.4) is 0 Å². The van der Waals surface area contributed by atoms with E-state index in [-0.39, 0.29) is 5.91 Å². The van der Waals surface area contributed by atoms with Gasteiger partial charge in [0, 0.05) is 50.1 Å². The third-order valence-corrected chi connectivity index (χ3v) is 3.28. The molecule has 0 spiro atoms. The SMILES string of the molecule is COc1cccc(NC(=O)CCN(C)Cc2cnn(C)c2)c1. The Morgan fingerprint density at radius 2 is 2.27 bits per heavy atom. The summed E-state index contributed by atoms with van der Waals surface area (Å²) in [5.74, 6) is 0.720. The van der Waals surface area contributed by atoms with Gasteiger partial charge in [-0.25, -0.2) is 0 Å². The van der Waals surface area contributed by atoms with Gasteiger partial charge in [0.25, 0.3) is 0 Å². The van der Waals surface area contributed by atoms with E-state index in [1.165, 1.54) is 0 Å². The second kappa shape index (κ2) is 7.61. The molecule has 2 rings (SSSR count). The van der Waals surface area contributed by atoms with Crippen molar-refractivity contribution in [3.63, 3.8) is 0 Å². The summed E-state index contributed by atoms with van der Waals surface area (Å²) >= 11 is 0. The zero-order chi connectivity index (χ0) is 15.9. The van der Waals surface area contributed by atoms with Gasteiger partial charge < -0.3 is 15.0 Å². The summed E-state index contributed by atoms with van der Waals surface area (Å²) in [4.78, 5) is 14.1. The van der Waals surface area contributed by atoms with Crippen LogP contribution in [0.1, 0.15) is 12.0 Å². The van der Waals surface area contributed by atoms with E-state index in [0.29, 0.717) is 13.0 Å². The minimum absolute atomic E-state index is 0.00807. The molecule has 2 aromatic rings. The molecular formula is C16H22N4O2. The van der Waals surface area contributed by atoms with Gasteiger partial charge in [-0.1, -0.05) is 6.07 Å². The van der Waals surface area contributed by atoms with Gasteiger partial charge >= 0.3 is 0 Å². The number of methoxy groups -OCH3 is 1. The molecule has 0 radical (unpaired) electrons. The lowest BCUT2D eigenvalue weighted by Crippen LogP contribution is -2.23. The molecule has 1 aromatic carbocycles. The monoisotopic (exact) mass is 302 g/mol. The van der Waals surface area contributed by atoms with Crippen molar-refractivity contribution in [2.45, 2.75) is 13.0 Å². The lowest BCUT2D eigenvalue weighted by atomic mass is 10.2. The molecule has 1 aromatic heterocycles. The van der Waals surface area contributed by atoms with Crippen molar-refractivity contribution in [2.75, 3.05) is 26.0 Å². The molecule has 1 N–H and O–H groups in total. The molecule has 0 aliphatic carbocycles. The van der Waals surface area contributed by atoms with Crippen LogP contribution in [-0.4, -0.2) is 41.3 Å². The Morgan fingerprint density at radius 1 is 1.45 bits per heavy atom. The average molecular weight is 302 g/mol. The summed E-state index contributed by atoms with van der Waals surface area (Å²) in [5.41, 5.74) is 1.89. The fourth-order valence-electron chi connectivity index (χ4n) is 2.16. The standard InChI is InChI=1S/C16H22N4O2/c1-19(11-13-10-17-20(2)12-13)8-7-16(21)18-14-5-4-6-15(9-14)22-3/h4-6,9-10,12H,7-8,11H2,1-3H3,(H,18,21). The Hall–Kier alpha value is -2.34. The summed E-state index contributed by atoms with van der Waals surface area (Å²) in [6.45, 7) is 1.46. The molecular weight excluding hydrogens is 280 g/mol. The molecule has 6 nitrogen and oxygen atoms in total. The maximum absolute atomic E-state index is 12.0. The molecule has 1 heterocycles. The van der Waals surface area contributed by atoms with Gasteiger partial charge in [0.2, 0.25) is 5.91 Å². The second-order valence-electron chi connectivity index (χ2n) is 5.29. The number of aromatic nitrogens is 2. The van der Waals surface area contributed by atoms with Crippen molar-refractivity contribution in [3.8, 4) is 5.75 Å². The molecule has 0 aliphatic heterocycles. The highest BCUT2D eigenvalue weighted by Crippen LogP contribution is 2.16. The Morgan fingerprint density at radius 3 is 2.95 bits per heavy atom. The Kier molecular flexibility index (Phi) is 5.55. The predicted molar refractivity (Wildman–Crippen MR) is 85.8 cm³/mol. The van der Waals surface area contributed by atoms with E-state index in [4.69, 9.17) is 4.74 Å². The number of rotatable bonds is 7. The number of carbonyl (C=O) groups is 1. The maximum atomic E-state index is 12.0. The highest BCUT2D eigenvalue weighted by atomic mass is 16.5. The topological polar surface area (TPSA) is 59.4 Å². The first-order valence-corrected chi connectivity index (χ1v) is 7.17. The smallest absolute Gasteiger partial charge is 0.225 e. The van der Waals surface area contributed by atoms with Gasteiger partial charge in [-0.2, -0.15) is 5.10 Å². The largest absolute Gasteiger partial charge is 0.497 e. The molecule has 0 saturated heterocycles. The van der Waals surface area contributed by atoms with Crippen molar-refractivity contribution < 1.29 is 9.53 Å². The van der Waals surface area contributed by atoms with E-state index in [0.717, 1.165) is 23.5 Å². The van der Waals surface area contributed by atoms with E-state index >= 15 is 0 Å². The molecule has 0 aliphatic rings. The number of aryl methyl sites for hydroxylation is 1. The summed E-state index contributed by atoms with van der Waals surface area (Å²) in [6.07, 6.45) is 4.26. The van der Waals surface area contributed by atoms with E-state index in [2.05, 4.69) is 15.3 Å². The van der Waals surface area contributed by atoms with Crippen LogP contribution in [0, 0.1) is 0 Å². The van der Waals surface area contributed by atoms with Crippen LogP contribution in [0.5, 0.6) is 5.75 Å². The summed E-state index contributed by atoms with van der Waals surface area (Å²) < 4.78 is 6.91. The summed E-state index contributed by atoms with van der Waals surface area (Å²) in [7, 11) is 5.49. The number of carbonyl (C=O) groups excluding carboxylic acids is 1. The van der Waals surface area contributed by atoms with Crippen molar-refractivity contribution >= 4 is 11.6 Å². The fourth-order valence-corrected chi connectivity index (χ4v) is 2.16. The van der Waals surface area contributed by atoms with Gasteiger partial charge in [0.1, 0.15) is 5.75 Å². The highest BCUT2D eigenvalue weighted by molar-refractivity contribution is 5.90. The lowest BCUT2D eigenvalue weighted by molar-refractivity contribution is -0.116. The molecule has 6 heteroatoms. The van der Waals surface area contributed by atoms with Crippen LogP contribution >= 0.6 is 0 Å². The minimum atomic E-state index is -0.00807. The van der Waals surface area contributed by atoms with E-state index in [1.807, 2.05) is 44.7 Å². The Labute approximate surface area is 130 Å². The first-order chi connectivity index (χ1) is 10.6. The van der Waals surface area contributed by atoms with Crippen LogP contribution in [-0.2, 0) is 18.4 Å². The zero-order valence-corrected chi connectivity index (χ0v) is 13.2. The maximum Gasteiger partial charge on any atom is 0.225 e. The predicted octanol–water partition coefficient (Wildman–Crippen LogP) is 1.89. The Bertz CT molecular complexity index is 624. The van der Waals surface area contributed by atoms with Crippen molar-refractivity contribution in [3.05, 3.63) is 42.2 Å². The molecule has 0 saturated carbocycles. The first kappa shape index (κ1) is 16.0. The molecule has 22 heavy (non-hydrogen) atoms. The van der Waals surface area contributed by atoms with Crippen LogP contribution < -0.4 is 10.1 Å². The summed E-state index contributed by atoms with van der Waals surface area (Å²) in [5, 5.41) is 7.01. The first-order valence-electron chi connectivity index (χ1n) is 7.17. The number of nitrogens with zero attached hydrogens (tertiary/aromatic N) is 3. The van der Waals surface area contributed by atoms with Crippen LogP contribution in [0.25, 0.3) is 0 Å². The third-order valence-electron chi connectivity index (χ3n) is 3.28. The zero-order valence-electron chi connectivity index (χ0n) is 13.2. The van der Waals surface area contributed by atoms with E-state index < -0.39 is 0 Å². The normalized spacial score (nSPS) is 10.7. The number of amides is 1. The third kappa shape index (κ3) is 4.89. The average Bonchev–Trinajstić information content (AvgIpc) is 2.90. The van der Waals surface area contributed by atoms with Gasteiger partial charge in [-0.05, 0) is 19.2 Å². The van der Waals surface area contributed by atoms with E-state index in [1.54, 1.807) is 17.9 Å². The quantitative estimate of drug-likeness (QED) is 0.848. The van der Waals surface area contributed by atoms with Gasteiger partial charge in [0.05, 0.1) is 13.3 Å². The van der Waals surface area contributed by atoms with Gasteiger partial charge in [-0.15, -0.1) is 0 Å². The summed E-state index contributed by atoms with van der Waals surface area (Å²) in [6, 6.07) is 7.34. The van der Waals surface area contributed by atoms with Crippen molar-refractivity contribution in [1.82, 2.24) is 14.7 Å². The van der Waals surface area contributed by atoms with Crippen molar-refractivity contribution in [1.29, 1.82) is 0 Å². The molecule has 0 fully saturated rings. The molecule has 1 amide bonds. The number of anilines is 1. The Balaban J connectivity index is 1.77. The number of nitrogens with one attached hydrogen (secondary N) is 1. The molecule has 118 valence electrons. The molecule has 0 bridgehead atoms. The second-order valence-corrected chi connectivity index (χ2v) is 5.29. The van der Waals surface area contributed by atoms with Crippen LogP contribution in [0.2, 0.25) is 0 Å². The number of benzene rings is 1. The van der Waals surface area contributed by atoms with Gasteiger partial charge in [-0.3, -0.25) is 9.48 Å². The van der Waals surface area contributed by atoms with E-state index in [9.17, 15) is 4.79 Å². The number of hydrogen-bond acceptors (Lipinski definition) is 4. The lowest BCUT2D eigenvalue weighted by Gasteiger charge is -2.15. The van der Waals surface area contributed by atoms with Crippen LogP contribution in [0.4, 0.5) is 5.69 Å². The van der Waals surface area contributed by atoms with Crippen LogP contribution in [0.15, 0.2) is 36.7 Å².